The van der Waals surface area contributed by atoms with Crippen LogP contribution in [0.5, 0.6) is 0 Å². The highest BCUT2D eigenvalue weighted by atomic mass is 19.1. The van der Waals surface area contributed by atoms with Gasteiger partial charge in [0.25, 0.3) is 0 Å². The van der Waals surface area contributed by atoms with Crippen LogP contribution in [0.15, 0.2) is 6.07 Å². The van der Waals surface area contributed by atoms with Crippen LogP contribution >= 0.6 is 0 Å². The van der Waals surface area contributed by atoms with E-state index < -0.39 is 23.5 Å². The van der Waals surface area contributed by atoms with Gasteiger partial charge in [-0.3, -0.25) is 9.59 Å². The molecule has 0 radical (unpaired) electrons. The molecule has 1 aliphatic carbocycles. The molecule has 0 spiro atoms. The molecule has 1 aromatic carbocycles. The third kappa shape index (κ3) is 3.15. The standard InChI is InChI=1S/C18H24FN3O3/c1-2-22-9-11(18(24)25)17(23)14-13(22)8-12(15(19)16(14)20)21-10-6-4-3-5-7-10/h8,10-11,21H,2-7,9,20H2,1H3,(H,24,25). The number of carbonyl (C=O) groups excluding carboxylic acids is 1. The number of hydrogen-bond acceptors (Lipinski definition) is 5. The molecule has 1 aromatic rings. The average Bonchev–Trinajstić information content (AvgIpc) is 2.60. The van der Waals surface area contributed by atoms with Crippen molar-refractivity contribution in [2.75, 3.05) is 29.0 Å². The summed E-state index contributed by atoms with van der Waals surface area (Å²) in [5, 5.41) is 12.5. The first kappa shape index (κ1) is 17.5. The van der Waals surface area contributed by atoms with Gasteiger partial charge < -0.3 is 21.1 Å². The highest BCUT2D eigenvalue weighted by molar-refractivity contribution is 6.16. The molecule has 1 heterocycles. The number of rotatable bonds is 4. The summed E-state index contributed by atoms with van der Waals surface area (Å²) in [6.07, 6.45) is 5.38. The summed E-state index contributed by atoms with van der Waals surface area (Å²) in [6.45, 7) is 2.45. The van der Waals surface area contributed by atoms with Crippen LogP contribution in [-0.2, 0) is 4.79 Å². The van der Waals surface area contributed by atoms with Crippen molar-refractivity contribution in [3.8, 4) is 0 Å². The zero-order valence-corrected chi connectivity index (χ0v) is 14.3. The number of anilines is 3. The molecule has 1 atom stereocenters. The van der Waals surface area contributed by atoms with Crippen LogP contribution in [-0.4, -0.2) is 36.0 Å². The second-order valence-electron chi connectivity index (χ2n) is 6.82. The zero-order valence-electron chi connectivity index (χ0n) is 14.3. The van der Waals surface area contributed by atoms with E-state index >= 15 is 0 Å². The van der Waals surface area contributed by atoms with Gasteiger partial charge in [0.2, 0.25) is 0 Å². The monoisotopic (exact) mass is 349 g/mol. The molecule has 1 fully saturated rings. The number of nitrogens with one attached hydrogen (secondary N) is 1. The number of nitrogens with two attached hydrogens (primary N) is 1. The molecular formula is C18H24FN3O3. The lowest BCUT2D eigenvalue weighted by Crippen LogP contribution is -2.43. The third-order valence-electron chi connectivity index (χ3n) is 5.23. The summed E-state index contributed by atoms with van der Waals surface area (Å²) < 4.78 is 14.8. The van der Waals surface area contributed by atoms with Crippen LogP contribution in [0.3, 0.4) is 0 Å². The fraction of sp³-hybridized carbons (Fsp3) is 0.556. The molecule has 0 aromatic heterocycles. The van der Waals surface area contributed by atoms with Crippen molar-refractivity contribution in [3.05, 3.63) is 17.4 Å². The first-order chi connectivity index (χ1) is 11.9. The topological polar surface area (TPSA) is 95.7 Å². The summed E-state index contributed by atoms with van der Waals surface area (Å²) in [5.41, 5.74) is 6.47. The molecule has 0 amide bonds. The minimum absolute atomic E-state index is 0.00723. The van der Waals surface area contributed by atoms with E-state index in [1.54, 1.807) is 11.0 Å². The van der Waals surface area contributed by atoms with Crippen molar-refractivity contribution in [3.63, 3.8) is 0 Å². The van der Waals surface area contributed by atoms with E-state index in [0.29, 0.717) is 17.9 Å². The van der Waals surface area contributed by atoms with Crippen molar-refractivity contribution >= 4 is 28.8 Å². The molecule has 1 aliphatic heterocycles. The van der Waals surface area contributed by atoms with Crippen molar-refractivity contribution in [1.82, 2.24) is 0 Å². The van der Waals surface area contributed by atoms with Gasteiger partial charge in [-0.05, 0) is 25.8 Å². The van der Waals surface area contributed by atoms with Crippen LogP contribution in [0.1, 0.15) is 49.4 Å². The molecule has 3 rings (SSSR count). The number of nitrogen functional groups attached to an aromatic ring is 1. The van der Waals surface area contributed by atoms with Crippen molar-refractivity contribution < 1.29 is 19.1 Å². The first-order valence-corrected chi connectivity index (χ1v) is 8.84. The Morgan fingerprint density at radius 2 is 2.08 bits per heavy atom. The molecule has 1 unspecified atom stereocenters. The Kier molecular flexibility index (Phi) is 4.83. The van der Waals surface area contributed by atoms with Crippen LogP contribution in [0, 0.1) is 11.7 Å². The average molecular weight is 349 g/mol. The number of benzene rings is 1. The third-order valence-corrected chi connectivity index (χ3v) is 5.23. The van der Waals surface area contributed by atoms with Gasteiger partial charge in [0, 0.05) is 19.1 Å². The van der Waals surface area contributed by atoms with E-state index in [1.165, 1.54) is 6.42 Å². The quantitative estimate of drug-likeness (QED) is 0.571. The Hall–Kier alpha value is -2.31. The van der Waals surface area contributed by atoms with Gasteiger partial charge in [-0.25, -0.2) is 4.39 Å². The van der Waals surface area contributed by atoms with E-state index in [2.05, 4.69) is 5.32 Å². The van der Waals surface area contributed by atoms with E-state index in [1.807, 2.05) is 6.92 Å². The molecule has 0 saturated heterocycles. The molecular weight excluding hydrogens is 325 g/mol. The summed E-state index contributed by atoms with van der Waals surface area (Å²) in [4.78, 5) is 25.7. The highest BCUT2D eigenvalue weighted by Crippen LogP contribution is 2.39. The molecule has 0 bridgehead atoms. The lowest BCUT2D eigenvalue weighted by Gasteiger charge is -2.34. The van der Waals surface area contributed by atoms with E-state index in [-0.39, 0.29) is 23.8 Å². The number of nitrogens with zero attached hydrogens (tertiary/aromatic N) is 1. The van der Waals surface area contributed by atoms with Crippen molar-refractivity contribution in [2.24, 2.45) is 5.92 Å². The maximum atomic E-state index is 14.8. The number of carboxylic acids is 1. The van der Waals surface area contributed by atoms with Crippen LogP contribution in [0.4, 0.5) is 21.5 Å². The number of carbonyl (C=O) groups is 2. The number of fused-ring (bicyclic) bond motifs is 1. The van der Waals surface area contributed by atoms with Gasteiger partial charge in [0.1, 0.15) is 5.92 Å². The number of Topliss-reactive ketones (excluding diaryl/α,β-unsaturated/α-hetero) is 1. The van der Waals surface area contributed by atoms with Gasteiger partial charge in [0.15, 0.2) is 11.6 Å². The van der Waals surface area contributed by atoms with Gasteiger partial charge in [-0.15, -0.1) is 0 Å². The summed E-state index contributed by atoms with van der Waals surface area (Å²) in [7, 11) is 0. The number of aliphatic carboxylic acids is 1. The molecule has 1 saturated carbocycles. The maximum absolute atomic E-state index is 14.8. The predicted octanol–water partition coefficient (Wildman–Crippen LogP) is 2.88. The van der Waals surface area contributed by atoms with Gasteiger partial charge in [0.05, 0.1) is 22.6 Å². The van der Waals surface area contributed by atoms with E-state index in [0.717, 1.165) is 25.7 Å². The lowest BCUT2D eigenvalue weighted by atomic mass is 9.89. The Morgan fingerprint density at radius 3 is 2.68 bits per heavy atom. The maximum Gasteiger partial charge on any atom is 0.316 e. The molecule has 6 nitrogen and oxygen atoms in total. The predicted molar refractivity (Wildman–Crippen MR) is 94.7 cm³/mol. The minimum atomic E-state index is -1.22. The number of ketones is 1. The van der Waals surface area contributed by atoms with Gasteiger partial charge in [-0.2, -0.15) is 0 Å². The normalized spacial score (nSPS) is 21.1. The van der Waals surface area contributed by atoms with Gasteiger partial charge >= 0.3 is 5.97 Å². The fourth-order valence-electron chi connectivity index (χ4n) is 3.81. The smallest absolute Gasteiger partial charge is 0.316 e. The summed E-state index contributed by atoms with van der Waals surface area (Å²) in [5.74, 6) is -3.71. The van der Waals surface area contributed by atoms with Crippen LogP contribution in [0.2, 0.25) is 0 Å². The zero-order chi connectivity index (χ0) is 18.1. The van der Waals surface area contributed by atoms with Crippen LogP contribution in [0.25, 0.3) is 0 Å². The van der Waals surface area contributed by atoms with E-state index in [4.69, 9.17) is 5.73 Å². The lowest BCUT2D eigenvalue weighted by molar-refractivity contribution is -0.139. The highest BCUT2D eigenvalue weighted by Gasteiger charge is 2.39. The number of carboxylic acid groups (broad SMARTS) is 1. The number of halogens is 1. The Balaban J connectivity index is 2.01. The molecule has 25 heavy (non-hydrogen) atoms. The summed E-state index contributed by atoms with van der Waals surface area (Å²) in [6, 6.07) is 1.80. The van der Waals surface area contributed by atoms with E-state index in [9.17, 15) is 19.1 Å². The first-order valence-electron chi connectivity index (χ1n) is 8.84. The van der Waals surface area contributed by atoms with Gasteiger partial charge in [-0.1, -0.05) is 19.3 Å². The fourth-order valence-corrected chi connectivity index (χ4v) is 3.81. The SMILES string of the molecule is CCN1CC(C(=O)O)C(=O)c2c1cc(NC1CCCCC1)c(F)c2N. The largest absolute Gasteiger partial charge is 0.481 e. The Morgan fingerprint density at radius 1 is 1.40 bits per heavy atom. The van der Waals surface area contributed by atoms with Crippen molar-refractivity contribution in [1.29, 1.82) is 0 Å². The molecule has 7 heteroatoms. The second kappa shape index (κ2) is 6.90. The Bertz CT molecular complexity index is 701. The Labute approximate surface area is 146 Å². The summed E-state index contributed by atoms with van der Waals surface area (Å²) >= 11 is 0. The molecule has 136 valence electrons. The van der Waals surface area contributed by atoms with Crippen LogP contribution < -0.4 is 16.0 Å². The second-order valence-corrected chi connectivity index (χ2v) is 6.82. The number of hydrogen-bond donors (Lipinski definition) is 3. The molecule has 2 aliphatic rings. The molecule has 4 N–H and O–H groups in total. The minimum Gasteiger partial charge on any atom is -0.481 e. The van der Waals surface area contributed by atoms with Crippen molar-refractivity contribution in [2.45, 2.75) is 45.1 Å².